The van der Waals surface area contributed by atoms with Gasteiger partial charge in [0.15, 0.2) is 0 Å². The molecule has 1 unspecified atom stereocenters. The van der Waals surface area contributed by atoms with Crippen molar-refractivity contribution in [2.45, 2.75) is 12.8 Å². The Morgan fingerprint density at radius 2 is 1.84 bits per heavy atom. The molecule has 1 N–H and O–H groups in total. The number of aliphatic hydroxyl groups excluding tert-OH is 1. The van der Waals surface area contributed by atoms with Crippen LogP contribution in [0.4, 0.5) is 5.69 Å². The van der Waals surface area contributed by atoms with Gasteiger partial charge in [-0.05, 0) is 55.2 Å². The second kappa shape index (κ2) is 8.72. The number of benzene rings is 2. The van der Waals surface area contributed by atoms with Crippen LogP contribution >= 0.6 is 23.2 Å². The molecule has 6 nitrogen and oxygen atoms in total. The number of hydrogen-bond acceptors (Lipinski definition) is 5. The van der Waals surface area contributed by atoms with Crippen molar-refractivity contribution in [3.63, 3.8) is 0 Å². The third-order valence-electron chi connectivity index (χ3n) is 5.61. The van der Waals surface area contributed by atoms with E-state index in [-0.39, 0.29) is 28.8 Å². The lowest BCUT2D eigenvalue weighted by Crippen LogP contribution is -2.40. The summed E-state index contributed by atoms with van der Waals surface area (Å²) in [5, 5.41) is 19.4. The van der Waals surface area contributed by atoms with Crippen LogP contribution in [-0.4, -0.2) is 41.5 Å². The maximum Gasteiger partial charge on any atom is 0.282 e. The van der Waals surface area contributed by atoms with Gasteiger partial charge in [0.1, 0.15) is 5.70 Å². The van der Waals surface area contributed by atoms with Gasteiger partial charge in [0.05, 0.1) is 27.9 Å². The first-order valence-electron chi connectivity index (χ1n) is 9.89. The van der Waals surface area contributed by atoms with Crippen molar-refractivity contribution in [2.75, 3.05) is 24.6 Å². The maximum atomic E-state index is 13.5. The minimum Gasteiger partial charge on any atom is -0.396 e. The first-order valence-corrected chi connectivity index (χ1v) is 10.6. The van der Waals surface area contributed by atoms with Gasteiger partial charge in [-0.2, -0.15) is 5.26 Å². The summed E-state index contributed by atoms with van der Waals surface area (Å²) in [4.78, 5) is 30.0. The monoisotopic (exact) mass is 455 g/mol. The second-order valence-corrected chi connectivity index (χ2v) is 8.43. The number of imide groups is 1. The Hall–Kier alpha value is -2.85. The van der Waals surface area contributed by atoms with E-state index in [4.69, 9.17) is 28.5 Å². The molecule has 2 amide bonds. The van der Waals surface area contributed by atoms with Crippen LogP contribution in [-0.2, 0) is 9.59 Å². The molecule has 1 fully saturated rings. The molecule has 0 spiro atoms. The van der Waals surface area contributed by atoms with Crippen molar-refractivity contribution in [1.29, 1.82) is 5.26 Å². The lowest BCUT2D eigenvalue weighted by Gasteiger charge is -2.34. The predicted octanol–water partition coefficient (Wildman–Crippen LogP) is 3.85. The van der Waals surface area contributed by atoms with Gasteiger partial charge in [-0.3, -0.25) is 9.59 Å². The van der Waals surface area contributed by atoms with Crippen molar-refractivity contribution >= 4 is 46.3 Å². The second-order valence-electron chi connectivity index (χ2n) is 7.59. The fourth-order valence-electron chi connectivity index (χ4n) is 4.08. The van der Waals surface area contributed by atoms with Crippen molar-refractivity contribution in [2.24, 2.45) is 5.92 Å². The van der Waals surface area contributed by atoms with Gasteiger partial charge in [-0.25, -0.2) is 4.90 Å². The largest absolute Gasteiger partial charge is 0.396 e. The summed E-state index contributed by atoms with van der Waals surface area (Å²) in [5.41, 5.74) is 1.73. The van der Waals surface area contributed by atoms with E-state index in [2.05, 4.69) is 0 Å². The van der Waals surface area contributed by atoms with E-state index in [0.717, 1.165) is 17.7 Å². The normalized spacial score (nSPS) is 19.2. The molecule has 4 rings (SSSR count). The highest BCUT2D eigenvalue weighted by molar-refractivity contribution is 6.47. The highest BCUT2D eigenvalue weighted by Gasteiger charge is 2.43. The standard InChI is InChI=1S/C23H19Cl2N3O3/c24-16-5-8-18(19(25)10-16)20-21(27-9-1-2-15(12-27)13-29)23(31)28(22(20)30)17-6-3-14(11-26)4-7-17/h3-8,10,15,29H,1-2,9,12-13H2. The van der Waals surface area contributed by atoms with Crippen molar-refractivity contribution < 1.29 is 14.7 Å². The summed E-state index contributed by atoms with van der Waals surface area (Å²) in [6, 6.07) is 13.1. The average molecular weight is 456 g/mol. The molecule has 2 aliphatic heterocycles. The SMILES string of the molecule is N#Cc1ccc(N2C(=O)C(c3ccc(Cl)cc3Cl)=C(N3CCCC(CO)C3)C2=O)cc1. The van der Waals surface area contributed by atoms with Gasteiger partial charge in [-0.15, -0.1) is 0 Å². The van der Waals surface area contributed by atoms with Crippen LogP contribution in [0, 0.1) is 17.2 Å². The molecule has 1 saturated heterocycles. The van der Waals surface area contributed by atoms with Crippen LogP contribution in [0.1, 0.15) is 24.0 Å². The number of amides is 2. The Morgan fingerprint density at radius 1 is 1.10 bits per heavy atom. The minimum atomic E-state index is -0.486. The van der Waals surface area contributed by atoms with Gasteiger partial charge in [0, 0.05) is 30.3 Å². The van der Waals surface area contributed by atoms with Gasteiger partial charge in [-0.1, -0.05) is 29.3 Å². The van der Waals surface area contributed by atoms with Gasteiger partial charge < -0.3 is 10.0 Å². The average Bonchev–Trinajstić information content (AvgIpc) is 3.04. The number of halogens is 2. The fraction of sp³-hybridized carbons (Fsp3) is 0.261. The molecule has 0 bridgehead atoms. The van der Waals surface area contributed by atoms with E-state index >= 15 is 0 Å². The van der Waals surface area contributed by atoms with Crippen LogP contribution in [0.15, 0.2) is 48.2 Å². The third-order valence-corrected chi connectivity index (χ3v) is 6.16. The van der Waals surface area contributed by atoms with E-state index in [1.54, 1.807) is 36.4 Å². The molecular formula is C23H19Cl2N3O3. The minimum absolute atomic E-state index is 0.0162. The zero-order valence-corrected chi connectivity index (χ0v) is 18.0. The summed E-state index contributed by atoms with van der Waals surface area (Å²) in [5.74, 6) is -0.913. The van der Waals surface area contributed by atoms with E-state index in [0.29, 0.717) is 34.9 Å². The van der Waals surface area contributed by atoms with E-state index in [1.165, 1.54) is 6.07 Å². The van der Waals surface area contributed by atoms with Crippen LogP contribution in [0.3, 0.4) is 0 Å². The number of carbonyl (C=O) groups is 2. The summed E-state index contributed by atoms with van der Waals surface area (Å²) in [6.07, 6.45) is 1.66. The van der Waals surface area contributed by atoms with E-state index in [9.17, 15) is 14.7 Å². The highest BCUT2D eigenvalue weighted by atomic mass is 35.5. The number of hydrogen-bond donors (Lipinski definition) is 1. The van der Waals surface area contributed by atoms with E-state index in [1.807, 2.05) is 11.0 Å². The molecule has 158 valence electrons. The van der Waals surface area contributed by atoms with Crippen LogP contribution in [0.5, 0.6) is 0 Å². The Balaban J connectivity index is 1.83. The molecule has 2 aliphatic rings. The summed E-state index contributed by atoms with van der Waals surface area (Å²) >= 11 is 12.5. The number of nitrogens with zero attached hydrogens (tertiary/aromatic N) is 3. The first kappa shape index (κ1) is 21.4. The maximum absolute atomic E-state index is 13.5. The topological polar surface area (TPSA) is 84.6 Å². The summed E-state index contributed by atoms with van der Waals surface area (Å²) in [7, 11) is 0. The summed E-state index contributed by atoms with van der Waals surface area (Å²) < 4.78 is 0. The number of rotatable bonds is 4. The zero-order chi connectivity index (χ0) is 22.1. The molecule has 0 radical (unpaired) electrons. The Morgan fingerprint density at radius 3 is 2.48 bits per heavy atom. The molecule has 0 aliphatic carbocycles. The van der Waals surface area contributed by atoms with Crippen molar-refractivity contribution in [1.82, 2.24) is 4.90 Å². The lowest BCUT2D eigenvalue weighted by atomic mass is 9.97. The molecule has 2 heterocycles. The molecular weight excluding hydrogens is 437 g/mol. The molecule has 2 aromatic carbocycles. The van der Waals surface area contributed by atoms with E-state index < -0.39 is 11.8 Å². The van der Waals surface area contributed by atoms with Crippen LogP contribution < -0.4 is 4.90 Å². The number of aliphatic hydroxyl groups is 1. The quantitative estimate of drug-likeness (QED) is 0.707. The number of nitriles is 1. The predicted molar refractivity (Wildman–Crippen MR) is 118 cm³/mol. The molecule has 2 aromatic rings. The molecule has 1 atom stereocenters. The number of carbonyl (C=O) groups excluding carboxylic acids is 2. The molecule has 8 heteroatoms. The lowest BCUT2D eigenvalue weighted by molar-refractivity contribution is -0.120. The molecule has 0 aromatic heterocycles. The first-order chi connectivity index (χ1) is 14.9. The third kappa shape index (κ3) is 3.92. The van der Waals surface area contributed by atoms with Gasteiger partial charge in [0.2, 0.25) is 0 Å². The highest BCUT2D eigenvalue weighted by Crippen LogP contribution is 2.39. The van der Waals surface area contributed by atoms with Crippen LogP contribution in [0.2, 0.25) is 10.0 Å². The smallest absolute Gasteiger partial charge is 0.282 e. The Labute approximate surface area is 189 Å². The van der Waals surface area contributed by atoms with Crippen molar-refractivity contribution in [3.8, 4) is 6.07 Å². The number of likely N-dealkylation sites (tertiary alicyclic amines) is 1. The molecule has 31 heavy (non-hydrogen) atoms. The fourth-order valence-corrected chi connectivity index (χ4v) is 4.59. The Bertz CT molecular complexity index is 1120. The van der Waals surface area contributed by atoms with Crippen LogP contribution in [0.25, 0.3) is 5.57 Å². The molecule has 0 saturated carbocycles. The summed E-state index contributed by atoms with van der Waals surface area (Å²) in [6.45, 7) is 1.09. The Kier molecular flexibility index (Phi) is 6.01. The number of piperidine rings is 1. The zero-order valence-electron chi connectivity index (χ0n) is 16.5. The van der Waals surface area contributed by atoms with Crippen molar-refractivity contribution in [3.05, 3.63) is 69.3 Å². The number of anilines is 1. The van der Waals surface area contributed by atoms with Gasteiger partial charge in [0.25, 0.3) is 11.8 Å². The van der Waals surface area contributed by atoms with Gasteiger partial charge >= 0.3 is 0 Å².